The second kappa shape index (κ2) is 7.60. The smallest absolute Gasteiger partial charge is 0.147 e. The van der Waals surface area contributed by atoms with Gasteiger partial charge in [-0.25, -0.2) is 0 Å². The summed E-state index contributed by atoms with van der Waals surface area (Å²) < 4.78 is 15.7. The van der Waals surface area contributed by atoms with E-state index in [4.69, 9.17) is 14.2 Å². The van der Waals surface area contributed by atoms with Crippen LogP contribution in [0.2, 0.25) is 0 Å². The molecule has 1 rings (SSSR count). The summed E-state index contributed by atoms with van der Waals surface area (Å²) >= 11 is 0. The van der Waals surface area contributed by atoms with Crippen molar-refractivity contribution in [2.45, 2.75) is 32.5 Å². The number of benzene rings is 1. The van der Waals surface area contributed by atoms with Crippen LogP contribution in [0.15, 0.2) is 24.3 Å². The monoisotopic (exact) mass is 268 g/mol. The summed E-state index contributed by atoms with van der Waals surface area (Å²) in [6.45, 7) is 6.85. The number of hydrogen-bond acceptors (Lipinski definition) is 4. The van der Waals surface area contributed by atoms with Gasteiger partial charge in [-0.3, -0.25) is 0 Å². The molecule has 0 amide bonds. The van der Waals surface area contributed by atoms with Crippen molar-refractivity contribution in [1.29, 1.82) is 0 Å². The second-order valence-corrected chi connectivity index (χ2v) is 5.01. The molecule has 0 saturated carbocycles. The van der Waals surface area contributed by atoms with Crippen LogP contribution in [-0.4, -0.2) is 32.2 Å². The Balaban J connectivity index is 2.42. The summed E-state index contributed by atoms with van der Waals surface area (Å²) in [5.74, 6) is 0. The quantitative estimate of drug-likeness (QED) is 0.581. The minimum Gasteiger partial charge on any atom is -0.386 e. The van der Waals surface area contributed by atoms with E-state index in [-0.39, 0.29) is 12.9 Å². The molecule has 1 aromatic carbocycles. The van der Waals surface area contributed by atoms with Crippen molar-refractivity contribution < 1.29 is 19.3 Å². The van der Waals surface area contributed by atoms with E-state index in [0.717, 1.165) is 11.1 Å². The van der Waals surface area contributed by atoms with Gasteiger partial charge in [0.15, 0.2) is 0 Å². The lowest BCUT2D eigenvalue weighted by atomic mass is 9.96. The number of ether oxygens (including phenoxy) is 3. The molecule has 4 heteroatoms. The molecule has 0 saturated heterocycles. The normalized spacial score (nSPS) is 13.5. The van der Waals surface area contributed by atoms with Gasteiger partial charge in [0.05, 0.1) is 24.9 Å². The topological polar surface area (TPSA) is 47.9 Å². The molecule has 1 aromatic rings. The van der Waals surface area contributed by atoms with Crippen molar-refractivity contribution in [3.8, 4) is 0 Å². The molecule has 0 aliphatic heterocycles. The van der Waals surface area contributed by atoms with E-state index in [2.05, 4.69) is 0 Å². The molecule has 0 heterocycles. The highest BCUT2D eigenvalue weighted by Gasteiger charge is 2.16. The molecule has 0 fully saturated rings. The molecule has 0 spiro atoms. The molecule has 1 atom stereocenters. The van der Waals surface area contributed by atoms with Gasteiger partial charge in [0.1, 0.15) is 6.79 Å². The SMILES string of the molecule is COCCOCOC(C)c1ccc(C(C)(C)O)cc1. The molecule has 1 N–H and O–H groups in total. The van der Waals surface area contributed by atoms with Gasteiger partial charge in [-0.2, -0.15) is 0 Å². The lowest BCUT2D eigenvalue weighted by Crippen LogP contribution is -2.15. The lowest BCUT2D eigenvalue weighted by Gasteiger charge is -2.19. The van der Waals surface area contributed by atoms with Gasteiger partial charge in [0, 0.05) is 7.11 Å². The van der Waals surface area contributed by atoms with E-state index in [1.807, 2.05) is 31.2 Å². The summed E-state index contributed by atoms with van der Waals surface area (Å²) in [4.78, 5) is 0. The molecule has 0 aliphatic rings. The van der Waals surface area contributed by atoms with Gasteiger partial charge in [0.25, 0.3) is 0 Å². The molecule has 1 unspecified atom stereocenters. The third-order valence-corrected chi connectivity index (χ3v) is 2.92. The maximum absolute atomic E-state index is 9.88. The highest BCUT2D eigenvalue weighted by Crippen LogP contribution is 2.23. The Labute approximate surface area is 115 Å². The van der Waals surface area contributed by atoms with E-state index >= 15 is 0 Å². The van der Waals surface area contributed by atoms with Crippen LogP contribution in [0.3, 0.4) is 0 Å². The van der Waals surface area contributed by atoms with E-state index < -0.39 is 5.60 Å². The zero-order valence-electron chi connectivity index (χ0n) is 12.2. The molecule has 0 aliphatic carbocycles. The number of methoxy groups -OCH3 is 1. The van der Waals surface area contributed by atoms with Crippen LogP contribution in [0.25, 0.3) is 0 Å². The van der Waals surface area contributed by atoms with Crippen LogP contribution in [0.5, 0.6) is 0 Å². The minimum absolute atomic E-state index is 0.0431. The molecular weight excluding hydrogens is 244 g/mol. The fourth-order valence-corrected chi connectivity index (χ4v) is 1.61. The minimum atomic E-state index is -0.814. The third-order valence-electron chi connectivity index (χ3n) is 2.92. The van der Waals surface area contributed by atoms with E-state index in [9.17, 15) is 5.11 Å². The van der Waals surface area contributed by atoms with Gasteiger partial charge in [-0.1, -0.05) is 24.3 Å². The largest absolute Gasteiger partial charge is 0.386 e. The van der Waals surface area contributed by atoms with Crippen molar-refractivity contribution >= 4 is 0 Å². The van der Waals surface area contributed by atoms with E-state index in [1.165, 1.54) is 0 Å². The average molecular weight is 268 g/mol. The van der Waals surface area contributed by atoms with Crippen LogP contribution >= 0.6 is 0 Å². The molecule has 0 bridgehead atoms. The predicted octanol–water partition coefficient (Wildman–Crippen LogP) is 2.61. The predicted molar refractivity (Wildman–Crippen MR) is 73.9 cm³/mol. The maximum Gasteiger partial charge on any atom is 0.147 e. The first kappa shape index (κ1) is 16.1. The van der Waals surface area contributed by atoms with Gasteiger partial charge in [-0.05, 0) is 31.9 Å². The Kier molecular flexibility index (Phi) is 6.45. The Bertz CT molecular complexity index is 353. The first-order valence-corrected chi connectivity index (χ1v) is 6.46. The number of rotatable bonds is 8. The molecule has 19 heavy (non-hydrogen) atoms. The lowest BCUT2D eigenvalue weighted by molar-refractivity contribution is -0.0938. The standard InChI is InChI=1S/C15H24O4/c1-12(19-11-18-10-9-17-4)13-5-7-14(8-6-13)15(2,3)16/h5-8,12,16H,9-11H2,1-4H3. The van der Waals surface area contributed by atoms with Crippen molar-refractivity contribution in [1.82, 2.24) is 0 Å². The van der Waals surface area contributed by atoms with E-state index in [1.54, 1.807) is 21.0 Å². The van der Waals surface area contributed by atoms with Crippen LogP contribution in [0.1, 0.15) is 38.0 Å². The summed E-state index contributed by atoms with van der Waals surface area (Å²) in [5.41, 5.74) is 1.13. The van der Waals surface area contributed by atoms with Gasteiger partial charge >= 0.3 is 0 Å². The fraction of sp³-hybridized carbons (Fsp3) is 0.600. The van der Waals surface area contributed by atoms with Crippen LogP contribution in [-0.2, 0) is 19.8 Å². The zero-order chi connectivity index (χ0) is 14.3. The zero-order valence-corrected chi connectivity index (χ0v) is 12.2. The first-order valence-electron chi connectivity index (χ1n) is 6.46. The summed E-state index contributed by atoms with van der Waals surface area (Å²) in [6.07, 6.45) is -0.0431. The van der Waals surface area contributed by atoms with Crippen LogP contribution in [0.4, 0.5) is 0 Å². The maximum atomic E-state index is 9.88. The van der Waals surface area contributed by atoms with Crippen LogP contribution in [0, 0.1) is 0 Å². The fourth-order valence-electron chi connectivity index (χ4n) is 1.61. The van der Waals surface area contributed by atoms with Gasteiger partial charge < -0.3 is 19.3 Å². The first-order chi connectivity index (χ1) is 8.95. The highest BCUT2D eigenvalue weighted by atomic mass is 16.7. The number of aliphatic hydroxyl groups is 1. The van der Waals surface area contributed by atoms with Crippen molar-refractivity contribution in [3.63, 3.8) is 0 Å². The Morgan fingerprint density at radius 1 is 1.16 bits per heavy atom. The van der Waals surface area contributed by atoms with Crippen molar-refractivity contribution in [3.05, 3.63) is 35.4 Å². The molecule has 4 nitrogen and oxygen atoms in total. The van der Waals surface area contributed by atoms with Crippen molar-refractivity contribution in [2.24, 2.45) is 0 Å². The average Bonchev–Trinajstić information content (AvgIpc) is 2.37. The highest BCUT2D eigenvalue weighted by molar-refractivity contribution is 5.27. The third kappa shape index (κ3) is 5.70. The van der Waals surface area contributed by atoms with Gasteiger partial charge in [-0.15, -0.1) is 0 Å². The van der Waals surface area contributed by atoms with Crippen LogP contribution < -0.4 is 0 Å². The Hall–Kier alpha value is -0.940. The Morgan fingerprint density at radius 3 is 2.32 bits per heavy atom. The summed E-state index contributed by atoms with van der Waals surface area (Å²) in [6, 6.07) is 7.77. The summed E-state index contributed by atoms with van der Waals surface area (Å²) in [5, 5.41) is 9.88. The number of hydrogen-bond donors (Lipinski definition) is 1. The van der Waals surface area contributed by atoms with Crippen molar-refractivity contribution in [2.75, 3.05) is 27.1 Å². The molecule has 0 aromatic heterocycles. The van der Waals surface area contributed by atoms with Gasteiger partial charge in [0.2, 0.25) is 0 Å². The molecular formula is C15H24O4. The van der Waals surface area contributed by atoms with E-state index in [0.29, 0.717) is 13.2 Å². The Morgan fingerprint density at radius 2 is 1.79 bits per heavy atom. The molecule has 0 radical (unpaired) electrons. The summed E-state index contributed by atoms with van der Waals surface area (Å²) in [7, 11) is 1.64. The second-order valence-electron chi connectivity index (χ2n) is 5.01. The molecule has 108 valence electrons.